The summed E-state index contributed by atoms with van der Waals surface area (Å²) >= 11 is 0. The number of nitrogens with one attached hydrogen (secondary N) is 3. The van der Waals surface area contributed by atoms with E-state index in [1.807, 2.05) is 38.1 Å². The standard InChI is InChI=1S/C34H48N8O10.C2H6/c1-24(35)27-20-29(47-2)30(21-28(27)42(45)46)51-13-3-4-32(43)37-11-14-48-16-18-50-19-17-49-15-12-38-33(44)40-22-25-5-7-26(8-6-25)23-52-34-39-10-9-31(36)41-34;1-2/h5-10,20-21,24H,3-4,11-19,22-23,35H2,1-2H3,(H,37,43)(H2,36,39,41)(H2,38,40,44);1-2H3. The van der Waals surface area contributed by atoms with E-state index >= 15 is 0 Å². The molecule has 1 atom stereocenters. The van der Waals surface area contributed by atoms with E-state index in [1.54, 1.807) is 13.0 Å². The Morgan fingerprint density at radius 1 is 0.852 bits per heavy atom. The Morgan fingerprint density at radius 3 is 2.09 bits per heavy atom. The summed E-state index contributed by atoms with van der Waals surface area (Å²) in [4.78, 5) is 43.0. The van der Waals surface area contributed by atoms with Crippen LogP contribution in [-0.4, -0.2) is 93.3 Å². The number of urea groups is 1. The summed E-state index contributed by atoms with van der Waals surface area (Å²) in [6.07, 6.45) is 2.14. The number of carbonyl (C=O) groups excluding carboxylic acids is 2. The van der Waals surface area contributed by atoms with E-state index in [4.69, 9.17) is 39.9 Å². The van der Waals surface area contributed by atoms with Crippen LogP contribution in [0.1, 0.15) is 56.3 Å². The lowest BCUT2D eigenvalue weighted by molar-refractivity contribution is -0.385. The van der Waals surface area contributed by atoms with Gasteiger partial charge >= 0.3 is 12.0 Å². The van der Waals surface area contributed by atoms with Crippen molar-refractivity contribution in [2.45, 2.75) is 52.8 Å². The molecule has 2 aromatic carbocycles. The van der Waals surface area contributed by atoms with E-state index in [0.717, 1.165) is 11.1 Å². The van der Waals surface area contributed by atoms with Gasteiger partial charge in [-0.05, 0) is 36.6 Å². The van der Waals surface area contributed by atoms with Gasteiger partial charge in [0.15, 0.2) is 11.5 Å². The van der Waals surface area contributed by atoms with Gasteiger partial charge in [-0.15, -0.1) is 0 Å². The number of rotatable bonds is 25. The van der Waals surface area contributed by atoms with E-state index in [-0.39, 0.29) is 42.4 Å². The third-order valence-corrected chi connectivity index (χ3v) is 7.15. The van der Waals surface area contributed by atoms with Crippen LogP contribution in [0, 0.1) is 10.1 Å². The summed E-state index contributed by atoms with van der Waals surface area (Å²) in [5, 5.41) is 19.7. The number of hydrogen-bond acceptors (Lipinski definition) is 14. The van der Waals surface area contributed by atoms with Gasteiger partial charge in [0.1, 0.15) is 12.4 Å². The molecule has 0 bridgehead atoms. The van der Waals surface area contributed by atoms with E-state index in [1.165, 1.54) is 25.4 Å². The van der Waals surface area contributed by atoms with Gasteiger partial charge in [-0.2, -0.15) is 4.98 Å². The quantitative estimate of drug-likeness (QED) is 0.0472. The number of nitrogen functional groups attached to an aromatic ring is 1. The van der Waals surface area contributed by atoms with Crippen LogP contribution in [0.2, 0.25) is 0 Å². The molecule has 3 aromatic rings. The summed E-state index contributed by atoms with van der Waals surface area (Å²) in [5.74, 6) is 0.711. The maximum Gasteiger partial charge on any atom is 0.318 e. The van der Waals surface area contributed by atoms with Crippen LogP contribution in [-0.2, 0) is 32.2 Å². The molecule has 298 valence electrons. The fraction of sp³-hybridized carbons (Fsp3) is 0.500. The molecule has 18 heteroatoms. The minimum absolute atomic E-state index is 0.152. The summed E-state index contributed by atoms with van der Waals surface area (Å²) < 4.78 is 32.9. The minimum atomic E-state index is -0.555. The Kier molecular flexibility index (Phi) is 22.0. The average molecular weight is 759 g/mol. The average Bonchev–Trinajstić information content (AvgIpc) is 3.17. The second-order valence-electron chi connectivity index (χ2n) is 11.2. The van der Waals surface area contributed by atoms with Crippen molar-refractivity contribution in [2.24, 2.45) is 5.73 Å². The number of methoxy groups -OCH3 is 1. The van der Waals surface area contributed by atoms with Crippen molar-refractivity contribution in [3.63, 3.8) is 0 Å². The molecule has 1 aromatic heterocycles. The fourth-order valence-corrected chi connectivity index (χ4v) is 4.47. The van der Waals surface area contributed by atoms with Crippen LogP contribution < -0.4 is 41.6 Å². The van der Waals surface area contributed by atoms with E-state index in [2.05, 4.69) is 25.9 Å². The second-order valence-corrected chi connectivity index (χ2v) is 11.2. The molecule has 0 saturated carbocycles. The van der Waals surface area contributed by atoms with Crippen molar-refractivity contribution in [2.75, 3.05) is 72.2 Å². The molecule has 0 aliphatic rings. The number of aromatic nitrogens is 2. The zero-order valence-corrected chi connectivity index (χ0v) is 31.5. The Hall–Kier alpha value is -5.30. The molecule has 1 unspecified atom stereocenters. The van der Waals surface area contributed by atoms with Crippen molar-refractivity contribution >= 4 is 23.4 Å². The van der Waals surface area contributed by atoms with Crippen LogP contribution in [0.15, 0.2) is 48.7 Å². The van der Waals surface area contributed by atoms with Gasteiger partial charge in [-0.1, -0.05) is 38.1 Å². The van der Waals surface area contributed by atoms with Crippen LogP contribution in [0.4, 0.5) is 16.3 Å². The Morgan fingerprint density at radius 2 is 1.48 bits per heavy atom. The molecule has 0 radical (unpaired) electrons. The molecule has 18 nitrogen and oxygen atoms in total. The van der Waals surface area contributed by atoms with Crippen LogP contribution in [0.5, 0.6) is 17.5 Å². The third kappa shape index (κ3) is 18.0. The highest BCUT2D eigenvalue weighted by Crippen LogP contribution is 2.37. The van der Waals surface area contributed by atoms with E-state index in [0.29, 0.717) is 89.4 Å². The van der Waals surface area contributed by atoms with Gasteiger partial charge in [0.05, 0.1) is 69.9 Å². The first-order chi connectivity index (χ1) is 26.2. The fourth-order valence-electron chi connectivity index (χ4n) is 4.47. The second kappa shape index (κ2) is 26.5. The number of carbonyl (C=O) groups is 2. The number of hydrogen-bond donors (Lipinski definition) is 5. The van der Waals surface area contributed by atoms with Crippen molar-refractivity contribution in [1.82, 2.24) is 25.9 Å². The van der Waals surface area contributed by atoms with Crippen molar-refractivity contribution in [1.29, 1.82) is 0 Å². The van der Waals surface area contributed by atoms with Gasteiger partial charge < -0.3 is 55.8 Å². The molecule has 1 heterocycles. The van der Waals surface area contributed by atoms with Gasteiger partial charge in [-0.25, -0.2) is 9.78 Å². The Balaban J connectivity index is 0.00000495. The molecule has 3 amide bonds. The molecule has 7 N–H and O–H groups in total. The summed E-state index contributed by atoms with van der Waals surface area (Å²) in [7, 11) is 1.43. The van der Waals surface area contributed by atoms with Gasteiger partial charge in [0.25, 0.3) is 5.69 Å². The lowest BCUT2D eigenvalue weighted by atomic mass is 10.1. The first-order valence-electron chi connectivity index (χ1n) is 17.7. The van der Waals surface area contributed by atoms with Crippen LogP contribution in [0.25, 0.3) is 0 Å². The summed E-state index contributed by atoms with van der Waals surface area (Å²) in [5.41, 5.74) is 13.5. The van der Waals surface area contributed by atoms with Crippen molar-refractivity contribution < 1.29 is 42.9 Å². The van der Waals surface area contributed by atoms with Gasteiger partial charge in [-0.3, -0.25) is 14.9 Å². The highest BCUT2D eigenvalue weighted by atomic mass is 16.6. The number of nitrogens with zero attached hydrogens (tertiary/aromatic N) is 3. The molecule has 0 saturated heterocycles. The molecule has 0 aliphatic carbocycles. The first kappa shape index (κ1) is 44.9. The van der Waals surface area contributed by atoms with E-state index in [9.17, 15) is 19.7 Å². The Bertz CT molecular complexity index is 1550. The SMILES string of the molecule is CC.COc1cc(C(C)N)c([N+](=O)[O-])cc1OCCCC(=O)NCCOCCOCCOCCNC(=O)NCc1ccc(COc2nccc(N)n2)cc1. The molecule has 54 heavy (non-hydrogen) atoms. The lowest BCUT2D eigenvalue weighted by Gasteiger charge is -2.14. The van der Waals surface area contributed by atoms with Gasteiger partial charge in [0, 0.05) is 38.3 Å². The zero-order valence-electron chi connectivity index (χ0n) is 31.5. The number of nitro benzene ring substituents is 1. The van der Waals surface area contributed by atoms with Crippen molar-refractivity contribution in [3.05, 3.63) is 75.5 Å². The number of benzene rings is 2. The smallest absolute Gasteiger partial charge is 0.318 e. The molecule has 0 aliphatic heterocycles. The third-order valence-electron chi connectivity index (χ3n) is 7.15. The van der Waals surface area contributed by atoms with E-state index < -0.39 is 11.0 Å². The molecular formula is C36H54N8O10. The monoisotopic (exact) mass is 758 g/mol. The topological polar surface area (TPSA) is 247 Å². The highest BCUT2D eigenvalue weighted by molar-refractivity contribution is 5.75. The van der Waals surface area contributed by atoms with Crippen LogP contribution >= 0.6 is 0 Å². The molecule has 0 fully saturated rings. The maximum atomic E-state index is 12.1. The predicted molar refractivity (Wildman–Crippen MR) is 201 cm³/mol. The summed E-state index contributed by atoms with van der Waals surface area (Å²) in [6.45, 7) is 9.28. The maximum absolute atomic E-state index is 12.1. The lowest BCUT2D eigenvalue weighted by Crippen LogP contribution is -2.37. The number of nitrogens with two attached hydrogens (primary N) is 2. The number of amides is 3. The number of nitro groups is 1. The highest BCUT2D eigenvalue weighted by Gasteiger charge is 2.22. The minimum Gasteiger partial charge on any atom is -0.493 e. The predicted octanol–water partition coefficient (Wildman–Crippen LogP) is 3.42. The molecule has 3 rings (SSSR count). The Labute approximate surface area is 315 Å². The van der Waals surface area contributed by atoms with Gasteiger partial charge in [0.2, 0.25) is 5.91 Å². The van der Waals surface area contributed by atoms with Crippen molar-refractivity contribution in [3.8, 4) is 17.5 Å². The number of anilines is 1. The molecule has 0 spiro atoms. The first-order valence-corrected chi connectivity index (χ1v) is 17.7. The largest absolute Gasteiger partial charge is 0.493 e. The summed E-state index contributed by atoms with van der Waals surface area (Å²) in [6, 6.07) is 11.3. The number of ether oxygens (including phenoxy) is 6. The normalized spacial score (nSPS) is 11.1. The zero-order chi connectivity index (χ0) is 39.6. The van der Waals surface area contributed by atoms with Crippen LogP contribution in [0.3, 0.4) is 0 Å². The molecular weight excluding hydrogens is 704 g/mol.